The van der Waals surface area contributed by atoms with Crippen molar-refractivity contribution in [1.82, 2.24) is 4.98 Å². The number of nitrogens with zero attached hydrogens (tertiary/aromatic N) is 2. The Kier molecular flexibility index (Phi) is 4.20. The van der Waals surface area contributed by atoms with Crippen LogP contribution in [0, 0.1) is 0 Å². The second-order valence-corrected chi connectivity index (χ2v) is 8.23. The van der Waals surface area contributed by atoms with E-state index in [1.165, 1.54) is 11.3 Å². The minimum atomic E-state index is -1.21. The lowest BCUT2D eigenvalue weighted by molar-refractivity contribution is 0.650. The van der Waals surface area contributed by atoms with E-state index in [9.17, 15) is 4.21 Å². The molecule has 0 radical (unpaired) electrons. The number of halogens is 1. The SMILES string of the molecule is C/C(=N/[S@@](=O)C(C)(C)C)c1cnc(Br)s1. The fourth-order valence-electron chi connectivity index (χ4n) is 0.726. The maximum atomic E-state index is 11.8. The van der Waals surface area contributed by atoms with E-state index in [1.54, 1.807) is 6.20 Å². The molecule has 1 aromatic heterocycles. The zero-order chi connectivity index (χ0) is 11.6. The van der Waals surface area contributed by atoms with Crippen LogP contribution in [0.5, 0.6) is 0 Å². The standard InChI is InChI=1S/C9H13BrN2OS2/c1-6(7-5-11-8(10)14-7)12-15(13)9(2,3)4/h5H,1-4H3/b12-6-/t15-/m0/s1. The Labute approximate surface area is 105 Å². The summed E-state index contributed by atoms with van der Waals surface area (Å²) in [6.45, 7) is 7.57. The van der Waals surface area contributed by atoms with E-state index in [0.29, 0.717) is 0 Å². The minimum absolute atomic E-state index is 0.316. The summed E-state index contributed by atoms with van der Waals surface area (Å²) in [5.74, 6) is 0. The molecule has 6 heteroatoms. The summed E-state index contributed by atoms with van der Waals surface area (Å²) in [4.78, 5) is 5.01. The predicted octanol–water partition coefficient (Wildman–Crippen LogP) is 3.18. The molecule has 0 saturated heterocycles. The summed E-state index contributed by atoms with van der Waals surface area (Å²) in [6.07, 6.45) is 1.73. The van der Waals surface area contributed by atoms with Crippen molar-refractivity contribution in [1.29, 1.82) is 0 Å². The smallest absolute Gasteiger partial charge is 0.159 e. The van der Waals surface area contributed by atoms with Crippen molar-refractivity contribution in [2.24, 2.45) is 4.40 Å². The second kappa shape index (κ2) is 4.84. The van der Waals surface area contributed by atoms with E-state index in [2.05, 4.69) is 25.3 Å². The Morgan fingerprint density at radius 2 is 2.20 bits per heavy atom. The maximum Gasteiger partial charge on any atom is 0.159 e. The van der Waals surface area contributed by atoms with Crippen LogP contribution in [0.1, 0.15) is 32.6 Å². The molecule has 0 unspecified atom stereocenters. The van der Waals surface area contributed by atoms with Gasteiger partial charge in [-0.1, -0.05) is 0 Å². The molecular formula is C9H13BrN2OS2. The van der Waals surface area contributed by atoms with Gasteiger partial charge in [0.25, 0.3) is 0 Å². The van der Waals surface area contributed by atoms with E-state index >= 15 is 0 Å². The lowest BCUT2D eigenvalue weighted by atomic mass is 10.3. The number of thiazole rings is 1. The first kappa shape index (κ1) is 13.0. The Balaban J connectivity index is 2.90. The van der Waals surface area contributed by atoms with Gasteiger partial charge in [-0.2, -0.15) is 4.40 Å². The third-order valence-corrected chi connectivity index (χ3v) is 4.65. The van der Waals surface area contributed by atoms with Gasteiger partial charge in [0, 0.05) is 6.20 Å². The van der Waals surface area contributed by atoms with Crippen LogP contribution in [0.2, 0.25) is 0 Å². The van der Waals surface area contributed by atoms with Crippen LogP contribution < -0.4 is 0 Å². The molecule has 15 heavy (non-hydrogen) atoms. The molecule has 1 aromatic rings. The van der Waals surface area contributed by atoms with Crippen molar-refractivity contribution < 1.29 is 4.21 Å². The highest BCUT2D eigenvalue weighted by atomic mass is 79.9. The lowest BCUT2D eigenvalue weighted by Gasteiger charge is -2.13. The number of aromatic nitrogens is 1. The molecule has 0 saturated carbocycles. The van der Waals surface area contributed by atoms with E-state index in [0.717, 1.165) is 14.5 Å². The van der Waals surface area contributed by atoms with Gasteiger partial charge < -0.3 is 0 Å². The van der Waals surface area contributed by atoms with E-state index in [1.807, 2.05) is 27.7 Å². The van der Waals surface area contributed by atoms with Gasteiger partial charge >= 0.3 is 0 Å². The first-order chi connectivity index (χ1) is 6.80. The third-order valence-electron chi connectivity index (χ3n) is 1.58. The quantitative estimate of drug-likeness (QED) is 0.787. The van der Waals surface area contributed by atoms with Crippen molar-refractivity contribution in [3.63, 3.8) is 0 Å². The van der Waals surface area contributed by atoms with E-state index in [4.69, 9.17) is 0 Å². The molecule has 84 valence electrons. The van der Waals surface area contributed by atoms with Crippen molar-refractivity contribution in [3.8, 4) is 0 Å². The fraction of sp³-hybridized carbons (Fsp3) is 0.556. The zero-order valence-electron chi connectivity index (χ0n) is 9.07. The van der Waals surface area contributed by atoms with Gasteiger partial charge in [0.2, 0.25) is 0 Å². The molecule has 0 aliphatic heterocycles. The zero-order valence-corrected chi connectivity index (χ0v) is 12.3. The summed E-state index contributed by atoms with van der Waals surface area (Å²) in [7, 11) is -1.21. The summed E-state index contributed by atoms with van der Waals surface area (Å²) in [5.41, 5.74) is 0.770. The van der Waals surface area contributed by atoms with Crippen molar-refractivity contribution in [2.45, 2.75) is 32.4 Å². The van der Waals surface area contributed by atoms with Gasteiger partial charge in [0.05, 0.1) is 15.3 Å². The molecule has 0 spiro atoms. The average molecular weight is 309 g/mol. The molecule has 0 fully saturated rings. The van der Waals surface area contributed by atoms with Crippen LogP contribution in [0.15, 0.2) is 14.5 Å². The molecular weight excluding hydrogens is 296 g/mol. The van der Waals surface area contributed by atoms with Crippen molar-refractivity contribution >= 4 is 44.0 Å². The largest absolute Gasteiger partial charge is 0.237 e. The summed E-state index contributed by atoms with van der Waals surface area (Å²) >= 11 is 4.77. The Morgan fingerprint density at radius 1 is 1.60 bits per heavy atom. The van der Waals surface area contributed by atoms with Crippen LogP contribution >= 0.6 is 27.3 Å². The molecule has 1 rings (SSSR count). The predicted molar refractivity (Wildman–Crippen MR) is 69.9 cm³/mol. The van der Waals surface area contributed by atoms with Gasteiger partial charge in [0.1, 0.15) is 11.0 Å². The monoisotopic (exact) mass is 308 g/mol. The van der Waals surface area contributed by atoms with E-state index < -0.39 is 11.0 Å². The summed E-state index contributed by atoms with van der Waals surface area (Å²) in [5, 5.41) is 0. The normalized spacial score (nSPS) is 15.4. The summed E-state index contributed by atoms with van der Waals surface area (Å²) < 4.78 is 16.4. The highest BCUT2D eigenvalue weighted by Crippen LogP contribution is 2.20. The number of hydrogen-bond donors (Lipinski definition) is 0. The molecule has 0 bridgehead atoms. The first-order valence-corrected chi connectivity index (χ1v) is 7.11. The topological polar surface area (TPSA) is 42.3 Å². The van der Waals surface area contributed by atoms with Crippen molar-refractivity contribution in [3.05, 3.63) is 15.0 Å². The lowest BCUT2D eigenvalue weighted by Crippen LogP contribution is -2.20. The second-order valence-electron chi connectivity index (χ2n) is 4.02. The molecule has 0 amide bonds. The third kappa shape index (κ3) is 3.77. The fourth-order valence-corrected chi connectivity index (χ4v) is 2.62. The molecule has 0 N–H and O–H groups in total. The Hall–Kier alpha value is -0.0700. The molecule has 0 aliphatic rings. The van der Waals surface area contributed by atoms with Gasteiger partial charge in [-0.15, -0.1) is 11.3 Å². The van der Waals surface area contributed by atoms with E-state index in [-0.39, 0.29) is 4.75 Å². The van der Waals surface area contributed by atoms with Gasteiger partial charge in [-0.25, -0.2) is 9.19 Å². The van der Waals surface area contributed by atoms with Gasteiger partial charge in [-0.05, 0) is 43.6 Å². The number of hydrogen-bond acceptors (Lipinski definition) is 3. The van der Waals surface area contributed by atoms with Gasteiger partial charge in [0.15, 0.2) is 3.92 Å². The molecule has 0 aromatic carbocycles. The van der Waals surface area contributed by atoms with Crippen LogP contribution in [0.4, 0.5) is 0 Å². The minimum Gasteiger partial charge on any atom is -0.237 e. The van der Waals surface area contributed by atoms with Crippen molar-refractivity contribution in [2.75, 3.05) is 0 Å². The molecule has 0 aliphatic carbocycles. The van der Waals surface area contributed by atoms with Crippen LogP contribution in [0.25, 0.3) is 0 Å². The number of rotatable bonds is 2. The van der Waals surface area contributed by atoms with Crippen LogP contribution in [0.3, 0.4) is 0 Å². The molecule has 1 atom stereocenters. The van der Waals surface area contributed by atoms with Crippen LogP contribution in [-0.4, -0.2) is 19.7 Å². The highest BCUT2D eigenvalue weighted by Gasteiger charge is 2.19. The maximum absolute atomic E-state index is 11.8. The van der Waals surface area contributed by atoms with Crippen LogP contribution in [-0.2, 0) is 11.0 Å². The molecule has 1 heterocycles. The molecule has 3 nitrogen and oxygen atoms in total. The Morgan fingerprint density at radius 3 is 2.60 bits per heavy atom. The highest BCUT2D eigenvalue weighted by molar-refractivity contribution is 9.11. The average Bonchev–Trinajstić information content (AvgIpc) is 2.50. The first-order valence-electron chi connectivity index (χ1n) is 4.39. The summed E-state index contributed by atoms with van der Waals surface area (Å²) in [6, 6.07) is 0. The van der Waals surface area contributed by atoms with Gasteiger partial charge in [-0.3, -0.25) is 0 Å². The Bertz CT molecular complexity index is 406.